The largest absolute Gasteiger partial charge is 0.633 e. The fourth-order valence-electron chi connectivity index (χ4n) is 4.70. The van der Waals surface area contributed by atoms with Crippen LogP contribution in [-0.4, -0.2) is 77.6 Å². The van der Waals surface area contributed by atoms with Gasteiger partial charge < -0.3 is 24.8 Å². The zero-order chi connectivity index (χ0) is 24.4. The molecule has 0 radical (unpaired) electrons. The van der Waals surface area contributed by atoms with Crippen LogP contribution in [-0.2, 0) is 4.74 Å². The normalized spacial score (nSPS) is 17.6. The first-order chi connectivity index (χ1) is 16.9. The maximum absolute atomic E-state index is 12.9. The minimum atomic E-state index is -0.343. The third kappa shape index (κ3) is 4.90. The predicted molar refractivity (Wildman–Crippen MR) is 133 cm³/mol. The molecule has 3 aromatic rings. The second-order valence-electron chi connectivity index (χ2n) is 9.19. The summed E-state index contributed by atoms with van der Waals surface area (Å²) in [5.41, 5.74) is 2.26. The Kier molecular flexibility index (Phi) is 6.50. The van der Waals surface area contributed by atoms with Crippen molar-refractivity contribution in [3.63, 3.8) is 0 Å². The van der Waals surface area contributed by atoms with E-state index < -0.39 is 0 Å². The molecule has 1 amide bonds. The molecule has 1 N–H and O–H groups in total. The van der Waals surface area contributed by atoms with Crippen LogP contribution < -0.4 is 15.8 Å². The van der Waals surface area contributed by atoms with E-state index in [1.807, 2.05) is 6.92 Å². The Bertz CT molecular complexity index is 1280. The number of pyridine rings is 1. The Morgan fingerprint density at radius 1 is 1.09 bits per heavy atom. The maximum atomic E-state index is 12.9. The Labute approximate surface area is 203 Å². The smallest absolute Gasteiger partial charge is 0.256 e. The number of anilines is 1. The molecule has 0 bridgehead atoms. The molecular formula is C25H30N6O4. The van der Waals surface area contributed by atoms with Gasteiger partial charge in [0.2, 0.25) is 5.95 Å². The third-order valence-electron chi connectivity index (χ3n) is 6.80. The summed E-state index contributed by atoms with van der Waals surface area (Å²) >= 11 is 0. The first-order valence-corrected chi connectivity index (χ1v) is 12.1. The lowest BCUT2D eigenvalue weighted by molar-refractivity contribution is -0.887. The fraction of sp³-hybridized carbons (Fsp3) is 0.440. The summed E-state index contributed by atoms with van der Waals surface area (Å²) < 4.78 is 6.47. The lowest BCUT2D eigenvalue weighted by Gasteiger charge is -2.45. The van der Waals surface area contributed by atoms with Gasteiger partial charge in [-0.1, -0.05) is 0 Å². The van der Waals surface area contributed by atoms with Crippen molar-refractivity contribution < 1.29 is 14.2 Å². The highest BCUT2D eigenvalue weighted by atomic mass is 16.6. The molecule has 2 fully saturated rings. The number of aromatic nitrogens is 3. The van der Waals surface area contributed by atoms with Crippen molar-refractivity contribution in [3.8, 4) is 5.69 Å². The minimum absolute atomic E-state index is 0.199. The highest BCUT2D eigenvalue weighted by Gasteiger charge is 2.21. The molecule has 0 saturated carbocycles. The van der Waals surface area contributed by atoms with Crippen molar-refractivity contribution in [3.05, 3.63) is 63.2 Å². The Hall–Kier alpha value is -3.34. The molecule has 0 aliphatic carbocycles. The lowest BCUT2D eigenvalue weighted by Crippen LogP contribution is -2.53. The highest BCUT2D eigenvalue weighted by Crippen LogP contribution is 2.23. The standard InChI is InChI=1S/C25H30N6O4/c1-18-21-8-9-22(32)30(23(21)28-25(27-18)29-11-2-3-12-29)20-6-4-19(5-7-20)24(33)26-10-13-31(34)14-16-35-17-15-31/h4-9H,2-3,10-17H2,1H3,(H,26,33). The average Bonchev–Trinajstić information content (AvgIpc) is 3.39. The van der Waals surface area contributed by atoms with E-state index in [0.29, 0.717) is 62.2 Å². The molecule has 5 rings (SSSR count). The number of morpholine rings is 1. The fourth-order valence-corrected chi connectivity index (χ4v) is 4.70. The molecule has 0 unspecified atom stereocenters. The van der Waals surface area contributed by atoms with Crippen molar-refractivity contribution in [2.24, 2.45) is 0 Å². The predicted octanol–water partition coefficient (Wildman–Crippen LogP) is 1.76. The number of rotatable bonds is 6. The zero-order valence-corrected chi connectivity index (χ0v) is 19.9. The number of carbonyl (C=O) groups excluding carboxylic acids is 1. The number of hydrogen-bond donors (Lipinski definition) is 1. The number of hydrogen-bond acceptors (Lipinski definition) is 7. The van der Waals surface area contributed by atoms with Crippen molar-refractivity contribution in [2.75, 3.05) is 57.4 Å². The highest BCUT2D eigenvalue weighted by molar-refractivity contribution is 5.94. The van der Waals surface area contributed by atoms with Crippen LogP contribution in [0.15, 0.2) is 41.2 Å². The summed E-state index contributed by atoms with van der Waals surface area (Å²) in [6, 6.07) is 10.1. The summed E-state index contributed by atoms with van der Waals surface area (Å²) in [4.78, 5) is 37.1. The number of amides is 1. The van der Waals surface area contributed by atoms with Crippen molar-refractivity contribution in [2.45, 2.75) is 19.8 Å². The van der Waals surface area contributed by atoms with Crippen molar-refractivity contribution >= 4 is 22.9 Å². The second kappa shape index (κ2) is 9.73. The molecule has 0 spiro atoms. The first-order valence-electron chi connectivity index (χ1n) is 12.1. The van der Waals surface area contributed by atoms with Crippen LogP contribution in [0.25, 0.3) is 16.7 Å². The summed E-state index contributed by atoms with van der Waals surface area (Å²) in [7, 11) is 0. The van der Waals surface area contributed by atoms with Gasteiger partial charge in [-0.2, -0.15) is 4.98 Å². The van der Waals surface area contributed by atoms with E-state index in [4.69, 9.17) is 9.72 Å². The average molecular weight is 479 g/mol. The topological polar surface area (TPSA) is 112 Å². The number of carbonyl (C=O) groups is 1. The van der Waals surface area contributed by atoms with E-state index in [1.165, 1.54) is 6.07 Å². The summed E-state index contributed by atoms with van der Waals surface area (Å²) in [5, 5.41) is 16.2. The van der Waals surface area contributed by atoms with Crippen LogP contribution in [0.3, 0.4) is 0 Å². The van der Waals surface area contributed by atoms with E-state index >= 15 is 0 Å². The van der Waals surface area contributed by atoms with Gasteiger partial charge in [-0.15, -0.1) is 0 Å². The van der Waals surface area contributed by atoms with Crippen LogP contribution in [0.2, 0.25) is 0 Å². The van der Waals surface area contributed by atoms with E-state index in [2.05, 4.69) is 15.2 Å². The monoisotopic (exact) mass is 478 g/mol. The van der Waals surface area contributed by atoms with Crippen molar-refractivity contribution in [1.82, 2.24) is 19.9 Å². The van der Waals surface area contributed by atoms with Crippen LogP contribution in [0, 0.1) is 12.1 Å². The number of aryl methyl sites for hydroxylation is 1. The second-order valence-corrected chi connectivity index (χ2v) is 9.19. The molecule has 2 aliphatic rings. The molecule has 10 heteroatoms. The molecule has 2 aliphatic heterocycles. The van der Waals surface area contributed by atoms with Gasteiger partial charge >= 0.3 is 0 Å². The molecule has 2 saturated heterocycles. The van der Waals surface area contributed by atoms with E-state index in [-0.39, 0.29) is 16.1 Å². The number of benzene rings is 1. The van der Waals surface area contributed by atoms with Crippen LogP contribution in [0.4, 0.5) is 5.95 Å². The number of fused-ring (bicyclic) bond motifs is 1. The van der Waals surface area contributed by atoms with E-state index in [9.17, 15) is 14.8 Å². The van der Waals surface area contributed by atoms with Gasteiger partial charge in [0, 0.05) is 30.1 Å². The van der Waals surface area contributed by atoms with Gasteiger partial charge in [0.15, 0.2) is 5.65 Å². The molecule has 35 heavy (non-hydrogen) atoms. The van der Waals surface area contributed by atoms with Gasteiger partial charge in [0.25, 0.3) is 11.5 Å². The Morgan fingerprint density at radius 3 is 2.51 bits per heavy atom. The van der Waals surface area contributed by atoms with Crippen LogP contribution >= 0.6 is 0 Å². The number of ether oxygens (including phenoxy) is 1. The Balaban J connectivity index is 1.37. The Morgan fingerprint density at radius 2 is 1.80 bits per heavy atom. The SMILES string of the molecule is Cc1nc(N2CCCC2)nc2c1ccc(=O)n2-c1ccc(C(=O)NCC[N+]2([O-])CCOCC2)cc1. The van der Waals surface area contributed by atoms with Gasteiger partial charge in [-0.25, -0.2) is 4.98 Å². The molecule has 2 aromatic heterocycles. The lowest BCUT2D eigenvalue weighted by atomic mass is 10.1. The third-order valence-corrected chi connectivity index (χ3v) is 6.80. The number of nitrogens with one attached hydrogen (secondary N) is 1. The van der Waals surface area contributed by atoms with Gasteiger partial charge in [0.05, 0.1) is 37.7 Å². The van der Waals surface area contributed by atoms with Crippen LogP contribution in [0.5, 0.6) is 0 Å². The molecule has 1 aromatic carbocycles. The van der Waals surface area contributed by atoms with E-state index in [0.717, 1.165) is 37.0 Å². The molecular weight excluding hydrogens is 448 g/mol. The van der Waals surface area contributed by atoms with Crippen molar-refractivity contribution in [1.29, 1.82) is 0 Å². The molecule has 10 nitrogen and oxygen atoms in total. The maximum Gasteiger partial charge on any atom is 0.256 e. The number of quaternary nitrogens is 1. The van der Waals surface area contributed by atoms with Gasteiger partial charge in [0.1, 0.15) is 13.1 Å². The molecule has 4 heterocycles. The minimum Gasteiger partial charge on any atom is -0.633 e. The quantitative estimate of drug-likeness (QED) is 0.424. The number of hydroxylamine groups is 3. The zero-order valence-electron chi connectivity index (χ0n) is 19.9. The van der Waals surface area contributed by atoms with E-state index in [1.54, 1.807) is 34.9 Å². The molecule has 184 valence electrons. The summed E-state index contributed by atoms with van der Waals surface area (Å²) in [5.74, 6) is 0.387. The van der Waals surface area contributed by atoms with Gasteiger partial charge in [-0.05, 0) is 50.1 Å². The number of nitrogens with zero attached hydrogens (tertiary/aromatic N) is 5. The molecule has 0 atom stereocenters. The van der Waals surface area contributed by atoms with Gasteiger partial charge in [-0.3, -0.25) is 14.2 Å². The first kappa shape index (κ1) is 23.4. The summed E-state index contributed by atoms with van der Waals surface area (Å²) in [6.45, 7) is 6.08. The summed E-state index contributed by atoms with van der Waals surface area (Å²) in [6.07, 6.45) is 2.21. The van der Waals surface area contributed by atoms with Crippen LogP contribution in [0.1, 0.15) is 28.9 Å².